The smallest absolute Gasteiger partial charge is 0.197 e. The number of aryl methyl sites for hydroxylation is 1. The van der Waals surface area contributed by atoms with Crippen molar-refractivity contribution in [1.29, 1.82) is 0 Å². The molecule has 0 spiro atoms. The molecule has 1 N–H and O–H groups in total. The molecule has 0 atom stereocenters. The van der Waals surface area contributed by atoms with Crippen molar-refractivity contribution in [3.05, 3.63) is 29.8 Å². The molecule has 0 saturated heterocycles. The number of aliphatic imine (C=N–C) groups is 1. The first-order valence-electron chi connectivity index (χ1n) is 4.64. The van der Waals surface area contributed by atoms with Crippen LogP contribution in [0.5, 0.6) is 0 Å². The highest BCUT2D eigenvalue weighted by molar-refractivity contribution is 5.95. The third kappa shape index (κ3) is 2.05. The molecule has 1 rings (SSSR count). The highest BCUT2D eigenvalue weighted by atomic mass is 15.3. The van der Waals surface area contributed by atoms with Gasteiger partial charge in [-0.25, -0.2) is 0 Å². The van der Waals surface area contributed by atoms with Crippen LogP contribution in [0.2, 0.25) is 0 Å². The van der Waals surface area contributed by atoms with Gasteiger partial charge in [0.2, 0.25) is 0 Å². The number of hydrogen-bond donors (Lipinski definition) is 1. The summed E-state index contributed by atoms with van der Waals surface area (Å²) in [5, 5.41) is 3.05. The molecular weight excluding hydrogens is 174 g/mol. The summed E-state index contributed by atoms with van der Waals surface area (Å²) in [7, 11) is 5.65. The molecule has 0 bridgehead atoms. The molecule has 0 radical (unpaired) electrons. The third-order valence-electron chi connectivity index (χ3n) is 2.23. The Morgan fingerprint density at radius 2 is 2.00 bits per heavy atom. The Bertz CT molecular complexity index is 331. The lowest BCUT2D eigenvalue weighted by Gasteiger charge is -2.22. The van der Waals surface area contributed by atoms with E-state index in [0.717, 1.165) is 5.96 Å². The normalized spacial score (nSPS) is 11.3. The standard InChI is InChI=1S/C11H17N3/c1-9-7-5-6-8-10(9)14(4)11(12-2)13-3/h5-8H,1-4H3,(H,12,13). The van der Waals surface area contributed by atoms with Gasteiger partial charge in [-0.2, -0.15) is 0 Å². The Kier molecular flexibility index (Phi) is 3.51. The van der Waals surface area contributed by atoms with Crippen molar-refractivity contribution in [2.24, 2.45) is 4.99 Å². The Morgan fingerprint density at radius 1 is 1.36 bits per heavy atom. The largest absolute Gasteiger partial charge is 0.359 e. The van der Waals surface area contributed by atoms with E-state index in [2.05, 4.69) is 29.4 Å². The number of para-hydroxylation sites is 1. The predicted molar refractivity (Wildman–Crippen MR) is 62.0 cm³/mol. The molecule has 76 valence electrons. The molecule has 3 nitrogen and oxygen atoms in total. The van der Waals surface area contributed by atoms with E-state index in [1.54, 1.807) is 7.05 Å². The number of benzene rings is 1. The van der Waals surface area contributed by atoms with E-state index in [9.17, 15) is 0 Å². The van der Waals surface area contributed by atoms with Crippen LogP contribution in [0.3, 0.4) is 0 Å². The Morgan fingerprint density at radius 3 is 2.50 bits per heavy atom. The fourth-order valence-corrected chi connectivity index (χ4v) is 1.48. The van der Waals surface area contributed by atoms with Gasteiger partial charge in [0.25, 0.3) is 0 Å². The zero-order valence-corrected chi connectivity index (χ0v) is 9.20. The van der Waals surface area contributed by atoms with Crippen molar-refractivity contribution in [1.82, 2.24) is 5.32 Å². The quantitative estimate of drug-likeness (QED) is 0.540. The molecule has 14 heavy (non-hydrogen) atoms. The molecule has 0 aromatic heterocycles. The van der Waals surface area contributed by atoms with Gasteiger partial charge in [-0.15, -0.1) is 0 Å². The van der Waals surface area contributed by atoms with Crippen molar-refractivity contribution >= 4 is 11.6 Å². The summed E-state index contributed by atoms with van der Waals surface area (Å²) in [4.78, 5) is 6.19. The highest BCUT2D eigenvalue weighted by Gasteiger charge is 2.07. The maximum Gasteiger partial charge on any atom is 0.197 e. The lowest BCUT2D eigenvalue weighted by atomic mass is 10.2. The summed E-state index contributed by atoms with van der Waals surface area (Å²) in [6, 6.07) is 8.24. The molecule has 3 heteroatoms. The Hall–Kier alpha value is -1.51. The number of nitrogens with zero attached hydrogens (tertiary/aromatic N) is 2. The van der Waals surface area contributed by atoms with Crippen molar-refractivity contribution in [2.75, 3.05) is 26.0 Å². The van der Waals surface area contributed by atoms with E-state index in [0.29, 0.717) is 0 Å². The van der Waals surface area contributed by atoms with Crippen LogP contribution in [-0.4, -0.2) is 27.1 Å². The van der Waals surface area contributed by atoms with Crippen LogP contribution in [0.25, 0.3) is 0 Å². The average Bonchev–Trinajstić information content (AvgIpc) is 2.20. The first kappa shape index (κ1) is 10.6. The summed E-state index contributed by atoms with van der Waals surface area (Å²) in [6.07, 6.45) is 0. The van der Waals surface area contributed by atoms with Crippen LogP contribution in [-0.2, 0) is 0 Å². The lowest BCUT2D eigenvalue weighted by Crippen LogP contribution is -2.36. The van der Waals surface area contributed by atoms with Gasteiger partial charge in [-0.05, 0) is 18.6 Å². The fraction of sp³-hybridized carbons (Fsp3) is 0.364. The van der Waals surface area contributed by atoms with Gasteiger partial charge < -0.3 is 10.2 Å². The number of guanidine groups is 1. The maximum absolute atomic E-state index is 4.16. The third-order valence-corrected chi connectivity index (χ3v) is 2.23. The second-order valence-corrected chi connectivity index (χ2v) is 3.14. The topological polar surface area (TPSA) is 27.6 Å². The molecule has 1 aromatic rings. The second-order valence-electron chi connectivity index (χ2n) is 3.14. The summed E-state index contributed by atoms with van der Waals surface area (Å²) < 4.78 is 0. The van der Waals surface area contributed by atoms with Crippen molar-refractivity contribution < 1.29 is 0 Å². The summed E-state index contributed by atoms with van der Waals surface area (Å²) in [5.41, 5.74) is 2.41. The van der Waals surface area contributed by atoms with Crippen LogP contribution < -0.4 is 10.2 Å². The highest BCUT2D eigenvalue weighted by Crippen LogP contribution is 2.17. The molecule has 0 amide bonds. The van der Waals surface area contributed by atoms with Gasteiger partial charge in [-0.3, -0.25) is 4.99 Å². The van der Waals surface area contributed by atoms with Crippen LogP contribution in [0.4, 0.5) is 5.69 Å². The number of rotatable bonds is 1. The Labute approximate surface area is 85.5 Å². The molecule has 0 aliphatic carbocycles. The van der Waals surface area contributed by atoms with Gasteiger partial charge in [0.15, 0.2) is 5.96 Å². The van der Waals surface area contributed by atoms with Gasteiger partial charge in [0, 0.05) is 26.8 Å². The number of anilines is 1. The minimum absolute atomic E-state index is 0.860. The first-order valence-corrected chi connectivity index (χ1v) is 4.64. The number of hydrogen-bond acceptors (Lipinski definition) is 1. The molecule has 0 unspecified atom stereocenters. The van der Waals surface area contributed by atoms with E-state index in [4.69, 9.17) is 0 Å². The first-order chi connectivity index (χ1) is 6.70. The van der Waals surface area contributed by atoms with E-state index in [1.165, 1.54) is 11.3 Å². The van der Waals surface area contributed by atoms with Crippen LogP contribution >= 0.6 is 0 Å². The van der Waals surface area contributed by atoms with Crippen LogP contribution in [0, 0.1) is 6.92 Å². The van der Waals surface area contributed by atoms with Crippen molar-refractivity contribution in [3.8, 4) is 0 Å². The molecule has 0 aliphatic rings. The Balaban J connectivity index is 3.00. The predicted octanol–water partition coefficient (Wildman–Crippen LogP) is 1.64. The summed E-state index contributed by atoms with van der Waals surface area (Å²) >= 11 is 0. The fourth-order valence-electron chi connectivity index (χ4n) is 1.48. The summed E-state index contributed by atoms with van der Waals surface area (Å²) in [6.45, 7) is 2.09. The molecule has 0 fully saturated rings. The monoisotopic (exact) mass is 191 g/mol. The number of nitrogens with one attached hydrogen (secondary N) is 1. The molecule has 1 aromatic carbocycles. The van der Waals surface area contributed by atoms with E-state index < -0.39 is 0 Å². The lowest BCUT2D eigenvalue weighted by molar-refractivity contribution is 1.06. The zero-order valence-electron chi connectivity index (χ0n) is 9.20. The minimum Gasteiger partial charge on any atom is -0.359 e. The van der Waals surface area contributed by atoms with E-state index in [-0.39, 0.29) is 0 Å². The van der Waals surface area contributed by atoms with Gasteiger partial charge >= 0.3 is 0 Å². The van der Waals surface area contributed by atoms with Crippen molar-refractivity contribution in [2.45, 2.75) is 6.92 Å². The van der Waals surface area contributed by atoms with E-state index in [1.807, 2.05) is 31.1 Å². The second kappa shape index (κ2) is 4.65. The average molecular weight is 191 g/mol. The molecular formula is C11H17N3. The van der Waals surface area contributed by atoms with E-state index >= 15 is 0 Å². The van der Waals surface area contributed by atoms with Crippen LogP contribution in [0.1, 0.15) is 5.56 Å². The van der Waals surface area contributed by atoms with Crippen LogP contribution in [0.15, 0.2) is 29.3 Å². The molecule has 0 saturated carbocycles. The van der Waals surface area contributed by atoms with Crippen molar-refractivity contribution in [3.63, 3.8) is 0 Å². The minimum atomic E-state index is 0.860. The zero-order chi connectivity index (χ0) is 10.6. The molecule has 0 heterocycles. The van der Waals surface area contributed by atoms with Gasteiger partial charge in [-0.1, -0.05) is 18.2 Å². The molecule has 0 aliphatic heterocycles. The van der Waals surface area contributed by atoms with Gasteiger partial charge in [0.05, 0.1) is 0 Å². The maximum atomic E-state index is 4.16. The SMILES string of the molecule is CN=C(NC)N(C)c1ccccc1C. The summed E-state index contributed by atoms with van der Waals surface area (Å²) in [5.74, 6) is 0.860. The van der Waals surface area contributed by atoms with Gasteiger partial charge in [0.1, 0.15) is 0 Å².